The van der Waals surface area contributed by atoms with Crippen molar-refractivity contribution in [2.75, 3.05) is 26.2 Å². The van der Waals surface area contributed by atoms with E-state index in [-0.39, 0.29) is 30.4 Å². The molecule has 2 atom stereocenters. The molecule has 53 heavy (non-hydrogen) atoms. The normalized spacial score (nSPS) is 14.1. The first-order valence-corrected chi connectivity index (χ1v) is 18.1. The Bertz CT molecular complexity index is 2050. The Morgan fingerprint density at radius 1 is 0.906 bits per heavy atom. The second kappa shape index (κ2) is 17.7. The Morgan fingerprint density at radius 2 is 1.66 bits per heavy atom. The van der Waals surface area contributed by atoms with Crippen molar-refractivity contribution in [3.8, 4) is 11.5 Å². The van der Waals surface area contributed by atoms with Gasteiger partial charge in [-0.1, -0.05) is 73.5 Å². The summed E-state index contributed by atoms with van der Waals surface area (Å²) >= 11 is 0. The second-order valence-electron chi connectivity index (χ2n) is 13.6. The number of hydrogen-bond acceptors (Lipinski definition) is 7. The number of hydrogen-bond donors (Lipinski definition) is 6. The van der Waals surface area contributed by atoms with Crippen molar-refractivity contribution in [3.63, 3.8) is 0 Å². The van der Waals surface area contributed by atoms with Gasteiger partial charge in [0.1, 0.15) is 18.1 Å². The first-order chi connectivity index (χ1) is 25.7. The number of carbonyl (C=O) groups excluding carboxylic acids is 1. The van der Waals surface area contributed by atoms with Crippen LogP contribution in [-0.2, 0) is 6.61 Å². The molecule has 11 heteroatoms. The molecule has 0 radical (unpaired) electrons. The van der Waals surface area contributed by atoms with Gasteiger partial charge < -0.3 is 40.6 Å². The van der Waals surface area contributed by atoms with Crippen LogP contribution >= 0.6 is 0 Å². The second-order valence-corrected chi connectivity index (χ2v) is 13.6. The van der Waals surface area contributed by atoms with E-state index in [1.807, 2.05) is 83.8 Å². The Morgan fingerprint density at radius 3 is 2.42 bits per heavy atom. The number of aromatic nitrogens is 1. The lowest BCUT2D eigenvalue weighted by Gasteiger charge is -2.26. The molecule has 1 aromatic heterocycles. The molecule has 0 bridgehead atoms. The molecule has 276 valence electrons. The third kappa shape index (κ3) is 9.82. The van der Waals surface area contributed by atoms with Gasteiger partial charge in [0, 0.05) is 36.7 Å². The van der Waals surface area contributed by atoms with Gasteiger partial charge in [0.05, 0.1) is 17.7 Å². The molecule has 11 nitrogen and oxygen atoms in total. The highest BCUT2D eigenvalue weighted by atomic mass is 16.5. The van der Waals surface area contributed by atoms with Crippen LogP contribution in [0.1, 0.15) is 76.9 Å². The highest BCUT2D eigenvalue weighted by Crippen LogP contribution is 2.29. The van der Waals surface area contributed by atoms with Crippen molar-refractivity contribution in [1.29, 1.82) is 0 Å². The van der Waals surface area contributed by atoms with E-state index in [0.29, 0.717) is 59.8 Å². The maximum Gasteiger partial charge on any atom is 0.405 e. The van der Waals surface area contributed by atoms with Crippen molar-refractivity contribution in [2.45, 2.75) is 50.9 Å². The number of phenols is 1. The molecule has 1 unspecified atom stereocenters. The number of nitrogens with zero attached hydrogens (tertiary/aromatic N) is 1. The number of pyridine rings is 1. The molecule has 0 aliphatic heterocycles. The lowest BCUT2D eigenvalue weighted by Crippen LogP contribution is -2.37. The largest absolute Gasteiger partial charge is 0.506 e. The maximum atomic E-state index is 13.8. The molecule has 1 aliphatic carbocycles. The number of benzene rings is 4. The van der Waals surface area contributed by atoms with Crippen LogP contribution in [0.15, 0.2) is 108 Å². The molecular formula is C42H46N4O7. The smallest absolute Gasteiger partial charge is 0.405 e. The zero-order valence-corrected chi connectivity index (χ0v) is 29.5. The molecule has 0 spiro atoms. The number of carbonyl (C=O) groups is 2. The van der Waals surface area contributed by atoms with Gasteiger partial charge in [0.2, 0.25) is 5.56 Å². The number of ether oxygens (including phenoxy) is 1. The minimum absolute atomic E-state index is 0.0143. The number of amides is 2. The van der Waals surface area contributed by atoms with Gasteiger partial charge in [-0.3, -0.25) is 9.59 Å². The summed E-state index contributed by atoms with van der Waals surface area (Å²) in [6, 6.07) is 29.8. The van der Waals surface area contributed by atoms with E-state index < -0.39 is 18.2 Å². The van der Waals surface area contributed by atoms with Crippen LogP contribution in [0.5, 0.6) is 11.5 Å². The lowest BCUT2D eigenvalue weighted by atomic mass is 9.98. The van der Waals surface area contributed by atoms with Gasteiger partial charge in [0.25, 0.3) is 5.91 Å². The van der Waals surface area contributed by atoms with Crippen molar-refractivity contribution >= 4 is 22.9 Å². The molecule has 5 aromatic rings. The van der Waals surface area contributed by atoms with E-state index in [9.17, 15) is 29.7 Å². The third-order valence-electron chi connectivity index (χ3n) is 9.82. The zero-order valence-electron chi connectivity index (χ0n) is 29.5. The highest BCUT2D eigenvalue weighted by molar-refractivity contribution is 5.94. The fourth-order valence-electron chi connectivity index (χ4n) is 7.08. The number of aromatic hydroxyl groups is 1. The number of carboxylic acid groups (broad SMARTS) is 1. The number of aromatic amines is 1. The van der Waals surface area contributed by atoms with Crippen LogP contribution in [0.25, 0.3) is 10.9 Å². The molecular weight excluding hydrogens is 672 g/mol. The van der Waals surface area contributed by atoms with Crippen molar-refractivity contribution < 1.29 is 29.6 Å². The predicted octanol–water partition coefficient (Wildman–Crippen LogP) is 6.52. The minimum Gasteiger partial charge on any atom is -0.506 e. The molecule has 6 N–H and O–H groups in total. The molecule has 6 rings (SSSR count). The molecule has 2 amide bonds. The van der Waals surface area contributed by atoms with E-state index >= 15 is 0 Å². The topological polar surface area (TPSA) is 164 Å². The van der Waals surface area contributed by atoms with E-state index in [1.165, 1.54) is 25.0 Å². The van der Waals surface area contributed by atoms with Crippen LogP contribution in [0.2, 0.25) is 0 Å². The van der Waals surface area contributed by atoms with Gasteiger partial charge >= 0.3 is 6.09 Å². The fraction of sp³-hybridized carbons (Fsp3) is 0.310. The van der Waals surface area contributed by atoms with E-state index in [1.54, 1.807) is 12.1 Å². The maximum absolute atomic E-state index is 13.8. The third-order valence-corrected chi connectivity index (χ3v) is 9.82. The Kier molecular flexibility index (Phi) is 12.4. The number of aliphatic hydroxyl groups is 1. The minimum atomic E-state index is -1.12. The summed E-state index contributed by atoms with van der Waals surface area (Å²) in [6.07, 6.45) is 3.35. The average Bonchev–Trinajstić information content (AvgIpc) is 3.69. The molecule has 1 fully saturated rings. The Balaban J connectivity index is 1.03. The molecule has 1 heterocycles. The fourth-order valence-corrected chi connectivity index (χ4v) is 7.08. The first kappa shape index (κ1) is 37.1. The molecule has 0 saturated heterocycles. The number of nitrogens with one attached hydrogen (secondary N) is 3. The summed E-state index contributed by atoms with van der Waals surface area (Å²) in [5.74, 6) is 1.02. The number of phenolic OH excluding ortho intramolecular Hbond substituents is 1. The quantitative estimate of drug-likeness (QED) is 0.0629. The van der Waals surface area contributed by atoms with Crippen LogP contribution in [0, 0.1) is 5.92 Å². The summed E-state index contributed by atoms with van der Waals surface area (Å²) in [6.45, 7) is 2.43. The SMILES string of the molecule is O=C(O)N[C@@H](c1ccccc1)c1cccc(OCc2ccc(C(=O)N(CCCNCC(O)c3ccc(O)c4[nH]c(=O)ccc34)CC3CCCC3)cc2)c1. The van der Waals surface area contributed by atoms with E-state index in [2.05, 4.69) is 15.6 Å². The summed E-state index contributed by atoms with van der Waals surface area (Å²) in [5.41, 5.74) is 3.66. The van der Waals surface area contributed by atoms with Gasteiger partial charge in [-0.2, -0.15) is 0 Å². The van der Waals surface area contributed by atoms with Crippen molar-refractivity contribution in [3.05, 3.63) is 141 Å². The number of aliphatic hydroxyl groups excluding tert-OH is 1. The summed E-state index contributed by atoms with van der Waals surface area (Å²) in [4.78, 5) is 41.7. The van der Waals surface area contributed by atoms with E-state index in [4.69, 9.17) is 4.74 Å². The summed E-state index contributed by atoms with van der Waals surface area (Å²) in [5, 5.41) is 37.0. The standard InChI is InChI=1S/C42H46N4O7/c47-36-20-18-34(35-19-21-38(49)44-40(35)36)37(48)25-43-22-7-23-46(26-28-8-4-5-9-28)41(50)31-16-14-29(15-17-31)27-53-33-13-6-12-32(24-33)39(45-42(51)52)30-10-2-1-3-11-30/h1-3,6,10-21,24,28,37,39,43,45,47-48H,4-5,7-9,22-23,25-27H2,(H,44,49)(H,51,52)/t37?,39-/m0/s1. The van der Waals surface area contributed by atoms with Gasteiger partial charge in [0.15, 0.2) is 0 Å². The molecule has 4 aromatic carbocycles. The van der Waals surface area contributed by atoms with Crippen molar-refractivity contribution in [1.82, 2.24) is 20.5 Å². The van der Waals surface area contributed by atoms with E-state index in [0.717, 1.165) is 29.5 Å². The monoisotopic (exact) mass is 718 g/mol. The van der Waals surface area contributed by atoms with Crippen LogP contribution in [0.4, 0.5) is 4.79 Å². The van der Waals surface area contributed by atoms with Crippen LogP contribution in [-0.4, -0.2) is 63.4 Å². The lowest BCUT2D eigenvalue weighted by molar-refractivity contribution is 0.0726. The highest BCUT2D eigenvalue weighted by Gasteiger charge is 2.23. The number of fused-ring (bicyclic) bond motifs is 1. The summed E-state index contributed by atoms with van der Waals surface area (Å²) in [7, 11) is 0. The summed E-state index contributed by atoms with van der Waals surface area (Å²) < 4.78 is 6.09. The zero-order chi connectivity index (χ0) is 37.2. The number of H-pyrrole nitrogens is 1. The van der Waals surface area contributed by atoms with Gasteiger partial charge in [-0.05, 0) is 90.4 Å². The van der Waals surface area contributed by atoms with Crippen LogP contribution < -0.4 is 20.9 Å². The van der Waals surface area contributed by atoms with Crippen LogP contribution in [0.3, 0.4) is 0 Å². The molecule has 1 aliphatic rings. The predicted molar refractivity (Wildman–Crippen MR) is 203 cm³/mol. The van der Waals surface area contributed by atoms with Gasteiger partial charge in [-0.15, -0.1) is 0 Å². The average molecular weight is 719 g/mol. The Hall–Kier alpha value is -5.65. The Labute approximate surface area is 308 Å². The van der Waals surface area contributed by atoms with Crippen molar-refractivity contribution in [2.24, 2.45) is 5.92 Å². The van der Waals surface area contributed by atoms with Gasteiger partial charge in [-0.25, -0.2) is 4.79 Å². The number of rotatable bonds is 16. The first-order valence-electron chi connectivity index (χ1n) is 18.1. The molecule has 1 saturated carbocycles.